The van der Waals surface area contributed by atoms with Crippen LogP contribution in [0, 0.1) is 11.8 Å². The second-order valence-corrected chi connectivity index (χ2v) is 2.51. The minimum Gasteiger partial charge on any atom is -0.309 e. The highest BCUT2D eigenvalue weighted by molar-refractivity contribution is 5.03. The monoisotopic (exact) mass is 138 g/mol. The average Bonchev–Trinajstić information content (AvgIpc) is 1.84. The quantitative estimate of drug-likeness (QED) is 0.537. The van der Waals surface area contributed by atoms with E-state index in [1.807, 2.05) is 7.05 Å². The van der Waals surface area contributed by atoms with E-state index in [9.17, 15) is 0 Å². The van der Waals surface area contributed by atoms with Gasteiger partial charge in [0.05, 0.1) is 13.1 Å². The van der Waals surface area contributed by atoms with Gasteiger partial charge in [-0.1, -0.05) is 11.8 Å². The number of nitrogens with one attached hydrogen (secondary N) is 1. The lowest BCUT2D eigenvalue weighted by molar-refractivity contribution is 0.207. The van der Waals surface area contributed by atoms with Gasteiger partial charge in [0, 0.05) is 13.1 Å². The highest BCUT2D eigenvalue weighted by atomic mass is 15.2. The van der Waals surface area contributed by atoms with Crippen molar-refractivity contribution in [3.8, 4) is 11.8 Å². The highest BCUT2D eigenvalue weighted by Gasteiger charge is 2.10. The van der Waals surface area contributed by atoms with Crippen molar-refractivity contribution in [2.24, 2.45) is 0 Å². The standard InChI is InChI=1S/C8H14N2/c1-9-5-2-3-6-10-7-4-8-10/h9H,4-8H2,1H3. The second-order valence-electron chi connectivity index (χ2n) is 2.51. The zero-order valence-electron chi connectivity index (χ0n) is 6.48. The lowest BCUT2D eigenvalue weighted by Crippen LogP contribution is -2.37. The molecule has 0 unspecified atom stereocenters. The zero-order chi connectivity index (χ0) is 7.23. The molecule has 1 saturated heterocycles. The molecule has 0 aromatic heterocycles. The van der Waals surface area contributed by atoms with E-state index in [1.165, 1.54) is 19.5 Å². The van der Waals surface area contributed by atoms with Gasteiger partial charge >= 0.3 is 0 Å². The van der Waals surface area contributed by atoms with Gasteiger partial charge in [0.15, 0.2) is 0 Å². The van der Waals surface area contributed by atoms with E-state index < -0.39 is 0 Å². The topological polar surface area (TPSA) is 15.3 Å². The van der Waals surface area contributed by atoms with Gasteiger partial charge in [-0.25, -0.2) is 0 Å². The molecule has 1 aliphatic heterocycles. The van der Waals surface area contributed by atoms with E-state index in [2.05, 4.69) is 22.1 Å². The number of nitrogens with zero attached hydrogens (tertiary/aromatic N) is 1. The largest absolute Gasteiger partial charge is 0.309 e. The Kier molecular flexibility index (Phi) is 3.28. The maximum Gasteiger partial charge on any atom is 0.0602 e. The van der Waals surface area contributed by atoms with Gasteiger partial charge < -0.3 is 5.32 Å². The molecular formula is C8H14N2. The van der Waals surface area contributed by atoms with Crippen molar-refractivity contribution >= 4 is 0 Å². The Hall–Kier alpha value is -0.520. The summed E-state index contributed by atoms with van der Waals surface area (Å²) in [5.74, 6) is 6.13. The van der Waals surface area contributed by atoms with E-state index in [4.69, 9.17) is 0 Å². The van der Waals surface area contributed by atoms with Crippen molar-refractivity contribution in [3.63, 3.8) is 0 Å². The molecule has 0 bridgehead atoms. The van der Waals surface area contributed by atoms with Crippen LogP contribution >= 0.6 is 0 Å². The fourth-order valence-corrected chi connectivity index (χ4v) is 0.858. The Morgan fingerprint density at radius 2 is 2.20 bits per heavy atom. The molecule has 10 heavy (non-hydrogen) atoms. The van der Waals surface area contributed by atoms with Gasteiger partial charge in [0.25, 0.3) is 0 Å². The molecule has 0 amide bonds. The Bertz CT molecular complexity index is 139. The average molecular weight is 138 g/mol. The Labute approximate surface area is 62.6 Å². The molecule has 2 nitrogen and oxygen atoms in total. The third kappa shape index (κ3) is 2.38. The molecule has 1 rings (SSSR count). The van der Waals surface area contributed by atoms with Gasteiger partial charge in [0.1, 0.15) is 0 Å². The molecule has 1 aliphatic rings. The lowest BCUT2D eigenvalue weighted by atomic mass is 10.2. The molecule has 0 aromatic carbocycles. The van der Waals surface area contributed by atoms with Gasteiger partial charge in [-0.2, -0.15) is 0 Å². The maximum absolute atomic E-state index is 3.10. The molecule has 0 radical (unpaired) electrons. The van der Waals surface area contributed by atoms with Gasteiger partial charge in [0.2, 0.25) is 0 Å². The molecular weight excluding hydrogens is 124 g/mol. The Morgan fingerprint density at radius 1 is 1.40 bits per heavy atom. The van der Waals surface area contributed by atoms with Crippen molar-refractivity contribution in [1.29, 1.82) is 0 Å². The zero-order valence-corrected chi connectivity index (χ0v) is 6.48. The summed E-state index contributed by atoms with van der Waals surface area (Å²) in [6.07, 6.45) is 1.35. The van der Waals surface area contributed by atoms with Crippen molar-refractivity contribution in [2.75, 3.05) is 33.2 Å². The first-order valence-electron chi connectivity index (χ1n) is 3.76. The van der Waals surface area contributed by atoms with Crippen LogP contribution in [0.3, 0.4) is 0 Å². The fourth-order valence-electron chi connectivity index (χ4n) is 0.858. The molecule has 1 heterocycles. The minimum atomic E-state index is 0.813. The highest BCUT2D eigenvalue weighted by Crippen LogP contribution is 2.02. The summed E-state index contributed by atoms with van der Waals surface area (Å²) in [4.78, 5) is 2.35. The van der Waals surface area contributed by atoms with Crippen LogP contribution in [-0.4, -0.2) is 38.1 Å². The lowest BCUT2D eigenvalue weighted by Gasteiger charge is -2.28. The van der Waals surface area contributed by atoms with Crippen molar-refractivity contribution in [3.05, 3.63) is 0 Å². The summed E-state index contributed by atoms with van der Waals surface area (Å²) in [6, 6.07) is 0. The van der Waals surface area contributed by atoms with Crippen molar-refractivity contribution in [2.45, 2.75) is 6.42 Å². The molecule has 0 saturated carbocycles. The number of hydrogen-bond acceptors (Lipinski definition) is 2. The van der Waals surface area contributed by atoms with Crippen LogP contribution in [0.4, 0.5) is 0 Å². The maximum atomic E-state index is 3.10. The predicted octanol–water partition coefficient (Wildman–Crippen LogP) is -0.0851. The van der Waals surface area contributed by atoms with Crippen LogP contribution in [0.5, 0.6) is 0 Å². The Morgan fingerprint density at radius 3 is 2.70 bits per heavy atom. The summed E-state index contributed by atoms with van der Waals surface area (Å²) >= 11 is 0. The van der Waals surface area contributed by atoms with Crippen LogP contribution in [0.15, 0.2) is 0 Å². The van der Waals surface area contributed by atoms with Crippen LogP contribution in [0.1, 0.15) is 6.42 Å². The van der Waals surface area contributed by atoms with E-state index in [0.717, 1.165) is 13.1 Å². The third-order valence-electron chi connectivity index (χ3n) is 1.64. The fraction of sp³-hybridized carbons (Fsp3) is 0.750. The molecule has 0 aromatic rings. The number of likely N-dealkylation sites (tertiary alicyclic amines) is 1. The molecule has 1 fully saturated rings. The second kappa shape index (κ2) is 4.32. The summed E-state index contributed by atoms with van der Waals surface area (Å²) in [7, 11) is 1.91. The number of hydrogen-bond donors (Lipinski definition) is 1. The van der Waals surface area contributed by atoms with Gasteiger partial charge in [-0.05, 0) is 13.5 Å². The van der Waals surface area contributed by atoms with E-state index >= 15 is 0 Å². The number of rotatable bonds is 2. The predicted molar refractivity (Wildman–Crippen MR) is 42.8 cm³/mol. The minimum absolute atomic E-state index is 0.813. The van der Waals surface area contributed by atoms with E-state index in [-0.39, 0.29) is 0 Å². The molecule has 56 valence electrons. The van der Waals surface area contributed by atoms with Crippen LogP contribution in [0.25, 0.3) is 0 Å². The van der Waals surface area contributed by atoms with Gasteiger partial charge in [-0.15, -0.1) is 0 Å². The van der Waals surface area contributed by atoms with Crippen molar-refractivity contribution in [1.82, 2.24) is 10.2 Å². The summed E-state index contributed by atoms with van der Waals surface area (Å²) in [5.41, 5.74) is 0. The molecule has 1 N–H and O–H groups in total. The van der Waals surface area contributed by atoms with E-state index in [0.29, 0.717) is 0 Å². The first kappa shape index (κ1) is 7.59. The van der Waals surface area contributed by atoms with Gasteiger partial charge in [-0.3, -0.25) is 4.90 Å². The van der Waals surface area contributed by atoms with E-state index in [1.54, 1.807) is 0 Å². The summed E-state index contributed by atoms with van der Waals surface area (Å²) in [5, 5.41) is 2.99. The molecule has 0 spiro atoms. The van der Waals surface area contributed by atoms with Crippen LogP contribution in [0.2, 0.25) is 0 Å². The molecule has 0 aliphatic carbocycles. The first-order chi connectivity index (χ1) is 4.93. The van der Waals surface area contributed by atoms with Crippen LogP contribution in [-0.2, 0) is 0 Å². The smallest absolute Gasteiger partial charge is 0.0602 e. The third-order valence-corrected chi connectivity index (χ3v) is 1.64. The summed E-state index contributed by atoms with van der Waals surface area (Å²) < 4.78 is 0. The molecule has 2 heteroatoms. The first-order valence-corrected chi connectivity index (χ1v) is 3.76. The SMILES string of the molecule is CNCC#CCN1CCC1. The van der Waals surface area contributed by atoms with Crippen LogP contribution < -0.4 is 5.32 Å². The normalized spacial score (nSPS) is 17.3. The molecule has 0 atom stereocenters. The summed E-state index contributed by atoms with van der Waals surface area (Å²) in [6.45, 7) is 4.26. The van der Waals surface area contributed by atoms with Crippen molar-refractivity contribution < 1.29 is 0 Å². The Balaban J connectivity index is 1.98.